The lowest BCUT2D eigenvalue weighted by Gasteiger charge is -2.09. The number of hydrogen-bond donors (Lipinski definition) is 1. The van der Waals surface area contributed by atoms with Crippen LogP contribution in [0.3, 0.4) is 0 Å². The van der Waals surface area contributed by atoms with Crippen LogP contribution < -0.4 is 10.1 Å². The largest absolute Gasteiger partial charge is 0.486 e. The summed E-state index contributed by atoms with van der Waals surface area (Å²) in [6, 6.07) is 15.6. The van der Waals surface area contributed by atoms with Gasteiger partial charge < -0.3 is 14.6 Å². The van der Waals surface area contributed by atoms with Crippen LogP contribution in [0.1, 0.15) is 17.0 Å². The van der Waals surface area contributed by atoms with Crippen molar-refractivity contribution >= 4 is 23.4 Å². The zero-order valence-corrected chi connectivity index (χ0v) is 16.4. The minimum atomic E-state index is -0.0706. The van der Waals surface area contributed by atoms with Gasteiger partial charge in [-0.25, -0.2) is 0 Å². The Labute approximate surface area is 163 Å². The minimum Gasteiger partial charge on any atom is -0.486 e. The highest BCUT2D eigenvalue weighted by Crippen LogP contribution is 2.20. The van der Waals surface area contributed by atoms with Gasteiger partial charge in [0.2, 0.25) is 5.91 Å². The van der Waals surface area contributed by atoms with Crippen molar-refractivity contribution in [3.8, 4) is 5.75 Å². The summed E-state index contributed by atoms with van der Waals surface area (Å²) in [7, 11) is 1.87. The van der Waals surface area contributed by atoms with Gasteiger partial charge in [0.1, 0.15) is 12.4 Å². The summed E-state index contributed by atoms with van der Waals surface area (Å²) in [4.78, 5) is 12.3. The van der Waals surface area contributed by atoms with E-state index in [1.54, 1.807) is 0 Å². The van der Waals surface area contributed by atoms with Crippen LogP contribution in [-0.4, -0.2) is 26.4 Å². The van der Waals surface area contributed by atoms with Crippen LogP contribution in [-0.2, 0) is 18.4 Å². The van der Waals surface area contributed by atoms with Crippen LogP contribution in [0.15, 0.2) is 53.7 Å². The van der Waals surface area contributed by atoms with Crippen LogP contribution in [0.5, 0.6) is 5.75 Å². The predicted octanol–water partition coefficient (Wildman–Crippen LogP) is 3.74. The van der Waals surface area contributed by atoms with E-state index in [0.717, 1.165) is 22.6 Å². The number of anilines is 1. The third kappa shape index (κ3) is 5.10. The molecule has 27 heavy (non-hydrogen) atoms. The number of rotatable bonds is 7. The van der Waals surface area contributed by atoms with Crippen molar-refractivity contribution in [1.29, 1.82) is 0 Å². The average Bonchev–Trinajstić information content (AvgIpc) is 3.02. The lowest BCUT2D eigenvalue weighted by molar-refractivity contribution is -0.113. The summed E-state index contributed by atoms with van der Waals surface area (Å²) < 4.78 is 7.55. The van der Waals surface area contributed by atoms with E-state index in [2.05, 4.69) is 15.5 Å². The molecule has 0 fully saturated rings. The van der Waals surface area contributed by atoms with Crippen molar-refractivity contribution in [3.63, 3.8) is 0 Å². The van der Waals surface area contributed by atoms with Gasteiger partial charge >= 0.3 is 0 Å². The lowest BCUT2D eigenvalue weighted by atomic mass is 10.1. The molecule has 6 nitrogen and oxygen atoms in total. The SMILES string of the molecule is Cc1ccc(C)c(NC(=O)CSc2nnc(COc3ccccc3)n2C)c1. The highest BCUT2D eigenvalue weighted by Gasteiger charge is 2.12. The molecule has 1 amide bonds. The van der Waals surface area contributed by atoms with Gasteiger partial charge in [-0.1, -0.05) is 42.1 Å². The molecule has 0 spiro atoms. The second-order valence-electron chi connectivity index (χ2n) is 6.21. The van der Waals surface area contributed by atoms with Crippen molar-refractivity contribution in [2.24, 2.45) is 7.05 Å². The number of aryl methyl sites for hydroxylation is 2. The maximum absolute atomic E-state index is 12.3. The van der Waals surface area contributed by atoms with Gasteiger partial charge in [0.15, 0.2) is 11.0 Å². The summed E-state index contributed by atoms with van der Waals surface area (Å²) >= 11 is 1.35. The molecule has 3 aromatic rings. The van der Waals surface area contributed by atoms with Crippen LogP contribution in [0.2, 0.25) is 0 Å². The van der Waals surface area contributed by atoms with Crippen molar-refractivity contribution < 1.29 is 9.53 Å². The highest BCUT2D eigenvalue weighted by molar-refractivity contribution is 7.99. The number of carbonyl (C=O) groups is 1. The molecule has 0 radical (unpaired) electrons. The Bertz CT molecular complexity index is 925. The number of ether oxygens (including phenoxy) is 1. The Morgan fingerprint density at radius 1 is 1.15 bits per heavy atom. The quantitative estimate of drug-likeness (QED) is 0.631. The summed E-state index contributed by atoms with van der Waals surface area (Å²) in [5, 5.41) is 11.9. The molecule has 0 saturated carbocycles. The van der Waals surface area contributed by atoms with Crippen molar-refractivity contribution in [3.05, 3.63) is 65.5 Å². The van der Waals surface area contributed by atoms with Crippen LogP contribution in [0, 0.1) is 13.8 Å². The van der Waals surface area contributed by atoms with Crippen LogP contribution >= 0.6 is 11.8 Å². The van der Waals surface area contributed by atoms with Gasteiger partial charge in [-0.3, -0.25) is 4.79 Å². The number of para-hydroxylation sites is 1. The van der Waals surface area contributed by atoms with Gasteiger partial charge in [0, 0.05) is 12.7 Å². The van der Waals surface area contributed by atoms with Crippen molar-refractivity contribution in [2.75, 3.05) is 11.1 Å². The number of thioether (sulfide) groups is 1. The molecular formula is C20H22N4O2S. The molecule has 7 heteroatoms. The smallest absolute Gasteiger partial charge is 0.234 e. The summed E-state index contributed by atoms with van der Waals surface area (Å²) in [6.45, 7) is 4.30. The average molecular weight is 382 g/mol. The fourth-order valence-electron chi connectivity index (χ4n) is 2.45. The van der Waals surface area contributed by atoms with Gasteiger partial charge in [0.05, 0.1) is 5.75 Å². The van der Waals surface area contributed by atoms with E-state index in [1.165, 1.54) is 11.8 Å². The summed E-state index contributed by atoms with van der Waals surface area (Å²) in [5.41, 5.74) is 2.99. The molecular weight excluding hydrogens is 360 g/mol. The maximum atomic E-state index is 12.3. The Kier molecular flexibility index (Phi) is 6.13. The lowest BCUT2D eigenvalue weighted by Crippen LogP contribution is -2.15. The van der Waals surface area contributed by atoms with Gasteiger partial charge in [-0.15, -0.1) is 10.2 Å². The third-order valence-corrected chi connectivity index (χ3v) is 5.06. The molecule has 140 valence electrons. The molecule has 1 heterocycles. The highest BCUT2D eigenvalue weighted by atomic mass is 32.2. The Hall–Kier alpha value is -2.80. The molecule has 0 aliphatic rings. The van der Waals surface area contributed by atoms with Gasteiger partial charge in [-0.05, 0) is 43.2 Å². The summed E-state index contributed by atoms with van der Waals surface area (Å²) in [6.07, 6.45) is 0. The molecule has 0 saturated heterocycles. The zero-order chi connectivity index (χ0) is 19.2. The first-order chi connectivity index (χ1) is 13.0. The summed E-state index contributed by atoms with van der Waals surface area (Å²) in [5.74, 6) is 1.68. The zero-order valence-electron chi connectivity index (χ0n) is 15.6. The van der Waals surface area contributed by atoms with E-state index in [-0.39, 0.29) is 11.7 Å². The van der Waals surface area contributed by atoms with Gasteiger partial charge in [-0.2, -0.15) is 0 Å². The third-order valence-electron chi connectivity index (χ3n) is 4.04. The van der Waals surface area contributed by atoms with E-state index < -0.39 is 0 Å². The second kappa shape index (κ2) is 8.73. The molecule has 0 aliphatic heterocycles. The predicted molar refractivity (Wildman–Crippen MR) is 107 cm³/mol. The Balaban J connectivity index is 1.54. The fourth-order valence-corrected chi connectivity index (χ4v) is 3.18. The standard InChI is InChI=1S/C20H22N4O2S/c1-14-9-10-15(2)17(11-14)21-19(25)13-27-20-23-22-18(24(20)3)12-26-16-7-5-4-6-8-16/h4-11H,12-13H2,1-3H3,(H,21,25). The molecule has 0 unspecified atom stereocenters. The molecule has 1 N–H and O–H groups in total. The molecule has 0 aliphatic carbocycles. The number of hydrogen-bond acceptors (Lipinski definition) is 5. The number of aromatic nitrogens is 3. The van der Waals surface area contributed by atoms with Crippen molar-refractivity contribution in [1.82, 2.24) is 14.8 Å². The first kappa shape index (κ1) is 19.0. The number of nitrogens with one attached hydrogen (secondary N) is 1. The Morgan fingerprint density at radius 3 is 2.70 bits per heavy atom. The number of nitrogens with zero attached hydrogens (tertiary/aromatic N) is 3. The van der Waals surface area contributed by atoms with Crippen molar-refractivity contribution in [2.45, 2.75) is 25.6 Å². The number of amides is 1. The van der Waals surface area contributed by atoms with E-state index in [1.807, 2.05) is 74.0 Å². The minimum absolute atomic E-state index is 0.0706. The van der Waals surface area contributed by atoms with E-state index >= 15 is 0 Å². The molecule has 2 aromatic carbocycles. The molecule has 0 atom stereocenters. The number of benzene rings is 2. The molecule has 1 aromatic heterocycles. The van der Waals surface area contributed by atoms with E-state index in [4.69, 9.17) is 4.74 Å². The van der Waals surface area contributed by atoms with Crippen LogP contribution in [0.4, 0.5) is 5.69 Å². The first-order valence-corrected chi connectivity index (χ1v) is 9.57. The first-order valence-electron chi connectivity index (χ1n) is 8.59. The topological polar surface area (TPSA) is 69.0 Å². The Morgan fingerprint density at radius 2 is 1.93 bits per heavy atom. The van der Waals surface area contributed by atoms with Crippen LogP contribution in [0.25, 0.3) is 0 Å². The monoisotopic (exact) mass is 382 g/mol. The van der Waals surface area contributed by atoms with Gasteiger partial charge in [0.25, 0.3) is 0 Å². The number of carbonyl (C=O) groups excluding carboxylic acids is 1. The second-order valence-corrected chi connectivity index (χ2v) is 7.16. The molecule has 0 bridgehead atoms. The normalized spacial score (nSPS) is 10.6. The molecule has 3 rings (SSSR count). The maximum Gasteiger partial charge on any atom is 0.234 e. The van der Waals surface area contributed by atoms with E-state index in [9.17, 15) is 4.79 Å². The van der Waals surface area contributed by atoms with E-state index in [0.29, 0.717) is 17.6 Å². The fraction of sp³-hybridized carbons (Fsp3) is 0.250.